The summed E-state index contributed by atoms with van der Waals surface area (Å²) in [5.74, 6) is 0.0588. The summed E-state index contributed by atoms with van der Waals surface area (Å²) in [4.78, 5) is 14.3. The monoisotopic (exact) mass is 252 g/mol. The van der Waals surface area contributed by atoms with Crippen LogP contribution in [0.5, 0.6) is 0 Å². The van der Waals surface area contributed by atoms with Crippen LogP contribution >= 0.6 is 0 Å². The van der Waals surface area contributed by atoms with E-state index in [0.717, 1.165) is 41.0 Å². The Balaban J connectivity index is 1.93. The van der Waals surface area contributed by atoms with Gasteiger partial charge in [-0.15, -0.1) is 0 Å². The van der Waals surface area contributed by atoms with Gasteiger partial charge in [0.1, 0.15) is 0 Å². The summed E-state index contributed by atoms with van der Waals surface area (Å²) in [7, 11) is 0. The van der Waals surface area contributed by atoms with E-state index >= 15 is 0 Å². The highest BCUT2D eigenvalue weighted by Crippen LogP contribution is 2.30. The van der Waals surface area contributed by atoms with Crippen LogP contribution in [0.4, 0.5) is 11.4 Å². The number of hydrogen-bond acceptors (Lipinski definition) is 2. The standard InChI is InChI=1S/C16H16N2O/c1-11-2-4-12(5-3-11)16(19)18-9-8-13-10-14(17)6-7-15(13)18/h2-7,10H,8-9,17H2,1H3. The van der Waals surface area contributed by atoms with Crippen LogP contribution in [0.2, 0.25) is 0 Å². The molecule has 0 aromatic heterocycles. The number of nitrogens with two attached hydrogens (primary N) is 1. The number of hydrogen-bond donors (Lipinski definition) is 1. The van der Waals surface area contributed by atoms with Crippen molar-refractivity contribution in [2.24, 2.45) is 0 Å². The van der Waals surface area contributed by atoms with Crippen molar-refractivity contribution >= 4 is 17.3 Å². The van der Waals surface area contributed by atoms with Gasteiger partial charge in [-0.2, -0.15) is 0 Å². The Hall–Kier alpha value is -2.29. The molecule has 0 saturated heterocycles. The molecular formula is C16H16N2O. The summed E-state index contributed by atoms with van der Waals surface area (Å²) in [6.45, 7) is 2.74. The van der Waals surface area contributed by atoms with Crippen molar-refractivity contribution < 1.29 is 4.79 Å². The molecule has 1 aliphatic heterocycles. The third kappa shape index (κ3) is 2.08. The summed E-state index contributed by atoms with van der Waals surface area (Å²) >= 11 is 0. The molecule has 1 aliphatic rings. The maximum Gasteiger partial charge on any atom is 0.258 e. The van der Waals surface area contributed by atoms with E-state index in [1.165, 1.54) is 0 Å². The average molecular weight is 252 g/mol. The molecule has 3 rings (SSSR count). The maximum absolute atomic E-state index is 12.5. The summed E-state index contributed by atoms with van der Waals surface area (Å²) < 4.78 is 0. The lowest BCUT2D eigenvalue weighted by Gasteiger charge is -2.17. The Bertz CT molecular complexity index is 632. The fraction of sp³-hybridized carbons (Fsp3) is 0.188. The molecule has 0 atom stereocenters. The minimum absolute atomic E-state index is 0.0588. The molecule has 0 aliphatic carbocycles. The van der Waals surface area contributed by atoms with Gasteiger partial charge in [0.05, 0.1) is 0 Å². The van der Waals surface area contributed by atoms with E-state index in [9.17, 15) is 4.79 Å². The van der Waals surface area contributed by atoms with E-state index in [1.54, 1.807) is 0 Å². The van der Waals surface area contributed by atoms with Crippen LogP contribution in [0.15, 0.2) is 42.5 Å². The number of aryl methyl sites for hydroxylation is 1. The topological polar surface area (TPSA) is 46.3 Å². The first-order chi connectivity index (χ1) is 9.15. The van der Waals surface area contributed by atoms with Gasteiger partial charge in [-0.25, -0.2) is 0 Å². The van der Waals surface area contributed by atoms with Crippen molar-refractivity contribution in [3.63, 3.8) is 0 Å². The first-order valence-electron chi connectivity index (χ1n) is 6.42. The molecule has 0 radical (unpaired) electrons. The molecule has 2 aromatic carbocycles. The van der Waals surface area contributed by atoms with Gasteiger partial charge in [-0.05, 0) is 49.2 Å². The Morgan fingerprint density at radius 3 is 2.63 bits per heavy atom. The van der Waals surface area contributed by atoms with Crippen LogP contribution in [-0.2, 0) is 6.42 Å². The van der Waals surface area contributed by atoms with Crippen molar-refractivity contribution in [2.45, 2.75) is 13.3 Å². The Morgan fingerprint density at radius 1 is 1.16 bits per heavy atom. The van der Waals surface area contributed by atoms with E-state index in [0.29, 0.717) is 0 Å². The molecule has 0 unspecified atom stereocenters. The highest BCUT2D eigenvalue weighted by Gasteiger charge is 2.25. The molecule has 1 heterocycles. The first kappa shape index (κ1) is 11.8. The lowest BCUT2D eigenvalue weighted by molar-refractivity contribution is 0.0989. The van der Waals surface area contributed by atoms with Gasteiger partial charge in [0.2, 0.25) is 0 Å². The number of carbonyl (C=O) groups is 1. The fourth-order valence-corrected chi connectivity index (χ4v) is 2.48. The van der Waals surface area contributed by atoms with Gasteiger partial charge in [0.15, 0.2) is 0 Å². The predicted molar refractivity (Wildman–Crippen MR) is 77.4 cm³/mol. The van der Waals surface area contributed by atoms with Crippen LogP contribution < -0.4 is 10.6 Å². The molecule has 0 saturated carbocycles. The van der Waals surface area contributed by atoms with Gasteiger partial charge < -0.3 is 10.6 Å². The zero-order valence-electron chi connectivity index (χ0n) is 10.9. The van der Waals surface area contributed by atoms with Crippen LogP contribution in [0.1, 0.15) is 21.5 Å². The van der Waals surface area contributed by atoms with Crippen molar-refractivity contribution in [3.8, 4) is 0 Å². The normalized spacial score (nSPS) is 13.4. The third-order valence-corrected chi connectivity index (χ3v) is 3.54. The second-order valence-electron chi connectivity index (χ2n) is 4.96. The molecule has 1 amide bonds. The van der Waals surface area contributed by atoms with Gasteiger partial charge in [-0.1, -0.05) is 17.7 Å². The Labute approximate surface area is 112 Å². The van der Waals surface area contributed by atoms with E-state index in [4.69, 9.17) is 5.73 Å². The molecule has 2 N–H and O–H groups in total. The molecule has 2 aromatic rings. The largest absolute Gasteiger partial charge is 0.399 e. The number of carbonyl (C=O) groups excluding carboxylic acids is 1. The molecule has 3 heteroatoms. The number of nitrogen functional groups attached to an aromatic ring is 1. The Morgan fingerprint density at radius 2 is 1.89 bits per heavy atom. The van der Waals surface area contributed by atoms with Gasteiger partial charge >= 0.3 is 0 Å². The molecule has 3 nitrogen and oxygen atoms in total. The summed E-state index contributed by atoms with van der Waals surface area (Å²) in [6.07, 6.45) is 0.873. The van der Waals surface area contributed by atoms with Gasteiger partial charge in [0, 0.05) is 23.5 Å². The highest BCUT2D eigenvalue weighted by atomic mass is 16.2. The third-order valence-electron chi connectivity index (χ3n) is 3.54. The maximum atomic E-state index is 12.5. The lowest BCUT2D eigenvalue weighted by atomic mass is 10.1. The van der Waals surface area contributed by atoms with Gasteiger partial charge in [-0.3, -0.25) is 4.79 Å². The number of rotatable bonds is 1. The van der Waals surface area contributed by atoms with Crippen molar-refractivity contribution in [2.75, 3.05) is 17.2 Å². The molecule has 96 valence electrons. The zero-order chi connectivity index (χ0) is 13.4. The molecular weight excluding hydrogens is 236 g/mol. The van der Waals surface area contributed by atoms with Crippen LogP contribution in [0.25, 0.3) is 0 Å². The second-order valence-corrected chi connectivity index (χ2v) is 4.96. The van der Waals surface area contributed by atoms with Crippen molar-refractivity contribution in [1.29, 1.82) is 0 Å². The van der Waals surface area contributed by atoms with Crippen molar-refractivity contribution in [1.82, 2.24) is 0 Å². The molecule has 0 spiro atoms. The van der Waals surface area contributed by atoms with E-state index in [2.05, 4.69) is 0 Å². The zero-order valence-corrected chi connectivity index (χ0v) is 10.9. The summed E-state index contributed by atoms with van der Waals surface area (Å²) in [5, 5.41) is 0. The predicted octanol–water partition coefficient (Wildman–Crippen LogP) is 2.78. The van der Waals surface area contributed by atoms with E-state index in [1.807, 2.05) is 54.3 Å². The lowest BCUT2D eigenvalue weighted by Crippen LogP contribution is -2.28. The van der Waals surface area contributed by atoms with Crippen LogP contribution in [0.3, 0.4) is 0 Å². The fourth-order valence-electron chi connectivity index (χ4n) is 2.48. The molecule has 0 fully saturated rings. The number of fused-ring (bicyclic) bond motifs is 1. The second kappa shape index (κ2) is 4.43. The molecule has 19 heavy (non-hydrogen) atoms. The number of nitrogens with zero attached hydrogens (tertiary/aromatic N) is 1. The minimum Gasteiger partial charge on any atom is -0.399 e. The number of anilines is 2. The quantitative estimate of drug-likeness (QED) is 0.793. The summed E-state index contributed by atoms with van der Waals surface area (Å²) in [6, 6.07) is 13.4. The van der Waals surface area contributed by atoms with E-state index < -0.39 is 0 Å². The average Bonchev–Trinajstić information content (AvgIpc) is 2.81. The molecule has 0 bridgehead atoms. The van der Waals surface area contributed by atoms with E-state index in [-0.39, 0.29) is 5.91 Å². The van der Waals surface area contributed by atoms with Gasteiger partial charge in [0.25, 0.3) is 5.91 Å². The Kier molecular flexibility index (Phi) is 2.75. The van der Waals surface area contributed by atoms with Crippen molar-refractivity contribution in [3.05, 3.63) is 59.2 Å². The first-order valence-corrected chi connectivity index (χ1v) is 6.42. The number of amides is 1. The van der Waals surface area contributed by atoms with Crippen LogP contribution in [0, 0.1) is 6.92 Å². The van der Waals surface area contributed by atoms with Crippen LogP contribution in [-0.4, -0.2) is 12.5 Å². The number of benzene rings is 2. The highest BCUT2D eigenvalue weighted by molar-refractivity contribution is 6.07. The smallest absolute Gasteiger partial charge is 0.258 e. The summed E-state index contributed by atoms with van der Waals surface area (Å²) in [5.41, 5.74) is 10.6. The SMILES string of the molecule is Cc1ccc(C(=O)N2CCc3cc(N)ccc32)cc1. The minimum atomic E-state index is 0.0588.